The minimum absolute atomic E-state index is 0.00998. The number of amides is 1. The van der Waals surface area contributed by atoms with Gasteiger partial charge in [0.15, 0.2) is 0 Å². The first-order chi connectivity index (χ1) is 13.6. The molecule has 150 valence electrons. The van der Waals surface area contributed by atoms with Crippen molar-refractivity contribution in [3.63, 3.8) is 0 Å². The molecule has 5 nitrogen and oxygen atoms in total. The van der Waals surface area contributed by atoms with Crippen LogP contribution < -0.4 is 10.0 Å². The molecule has 0 aromatic heterocycles. The molecule has 3 rings (SSSR count). The van der Waals surface area contributed by atoms with E-state index in [-0.39, 0.29) is 23.9 Å². The summed E-state index contributed by atoms with van der Waals surface area (Å²) >= 11 is 0. The van der Waals surface area contributed by atoms with Crippen LogP contribution in [-0.2, 0) is 14.8 Å². The van der Waals surface area contributed by atoms with Gasteiger partial charge in [-0.3, -0.25) is 4.79 Å². The summed E-state index contributed by atoms with van der Waals surface area (Å²) in [7, 11) is -3.67. The van der Waals surface area contributed by atoms with E-state index in [0.29, 0.717) is 17.9 Å². The molecule has 0 saturated heterocycles. The molecule has 1 aliphatic carbocycles. The maximum atomic E-state index is 12.8. The zero-order valence-electron chi connectivity index (χ0n) is 16.1. The summed E-state index contributed by atoms with van der Waals surface area (Å²) in [5.74, 6) is 0.485. The van der Waals surface area contributed by atoms with Crippen molar-refractivity contribution in [2.24, 2.45) is 5.92 Å². The number of hydrogen-bond donors (Lipinski definition) is 2. The molecular weight excluding hydrogens is 372 g/mol. The topological polar surface area (TPSA) is 75.3 Å². The van der Waals surface area contributed by atoms with Crippen molar-refractivity contribution < 1.29 is 13.2 Å². The Labute approximate surface area is 167 Å². The lowest BCUT2D eigenvalue weighted by molar-refractivity contribution is -0.122. The third-order valence-corrected chi connectivity index (χ3v) is 6.72. The van der Waals surface area contributed by atoms with Crippen LogP contribution in [0.5, 0.6) is 0 Å². The molecule has 1 aliphatic rings. The molecule has 0 bridgehead atoms. The minimum atomic E-state index is -3.67. The molecular formula is C22H28N2O3S. The van der Waals surface area contributed by atoms with E-state index in [2.05, 4.69) is 10.0 Å². The fourth-order valence-corrected chi connectivity index (χ4v) is 5.01. The van der Waals surface area contributed by atoms with Gasteiger partial charge in [0.1, 0.15) is 0 Å². The van der Waals surface area contributed by atoms with Gasteiger partial charge >= 0.3 is 0 Å². The van der Waals surface area contributed by atoms with Crippen molar-refractivity contribution in [3.8, 4) is 11.1 Å². The summed E-state index contributed by atoms with van der Waals surface area (Å²) in [5, 5.41) is 2.83. The maximum absolute atomic E-state index is 12.8. The Balaban J connectivity index is 1.54. The lowest BCUT2D eigenvalue weighted by Crippen LogP contribution is -2.35. The monoisotopic (exact) mass is 400 g/mol. The molecule has 1 amide bonds. The average Bonchev–Trinajstić information content (AvgIpc) is 2.73. The average molecular weight is 401 g/mol. The molecule has 0 atom stereocenters. The smallest absolute Gasteiger partial charge is 0.241 e. The van der Waals surface area contributed by atoms with E-state index in [0.717, 1.165) is 18.4 Å². The standard InChI is InChI=1S/C22H28N2O3S/c25-22(17-18-9-3-1-4-10-18)23-15-16-24-28(26,27)21-14-8-7-13-20(21)19-11-5-2-6-12-19/h2,5-8,11-14,18,24H,1,3-4,9-10,15-17H2,(H,23,25). The van der Waals surface area contributed by atoms with E-state index in [1.807, 2.05) is 36.4 Å². The molecule has 0 radical (unpaired) electrons. The van der Waals surface area contributed by atoms with Gasteiger partial charge in [-0.05, 0) is 30.4 Å². The normalized spacial score (nSPS) is 15.3. The maximum Gasteiger partial charge on any atom is 0.241 e. The van der Waals surface area contributed by atoms with E-state index in [9.17, 15) is 13.2 Å². The van der Waals surface area contributed by atoms with E-state index >= 15 is 0 Å². The summed E-state index contributed by atoms with van der Waals surface area (Å²) in [4.78, 5) is 12.3. The highest BCUT2D eigenvalue weighted by Gasteiger charge is 2.19. The number of carbonyl (C=O) groups is 1. The van der Waals surface area contributed by atoms with Gasteiger partial charge in [-0.2, -0.15) is 0 Å². The second kappa shape index (κ2) is 9.85. The summed E-state index contributed by atoms with van der Waals surface area (Å²) < 4.78 is 28.1. The molecule has 0 heterocycles. The van der Waals surface area contributed by atoms with E-state index in [4.69, 9.17) is 0 Å². The predicted octanol–water partition coefficient (Wildman–Crippen LogP) is 3.72. The van der Waals surface area contributed by atoms with E-state index in [1.165, 1.54) is 19.3 Å². The molecule has 2 aromatic carbocycles. The van der Waals surface area contributed by atoms with Gasteiger partial charge in [-0.25, -0.2) is 13.1 Å². The number of carbonyl (C=O) groups excluding carboxylic acids is 1. The summed E-state index contributed by atoms with van der Waals surface area (Å²) in [6, 6.07) is 16.4. The Hall–Kier alpha value is -2.18. The van der Waals surface area contributed by atoms with Crippen LogP contribution in [-0.4, -0.2) is 27.4 Å². The lowest BCUT2D eigenvalue weighted by Gasteiger charge is -2.20. The molecule has 2 N–H and O–H groups in total. The van der Waals surface area contributed by atoms with Gasteiger partial charge < -0.3 is 5.32 Å². The van der Waals surface area contributed by atoms with E-state index in [1.54, 1.807) is 18.2 Å². The molecule has 0 aliphatic heterocycles. The fourth-order valence-electron chi connectivity index (χ4n) is 3.75. The third-order valence-electron chi connectivity index (χ3n) is 5.20. The van der Waals surface area contributed by atoms with Gasteiger partial charge in [0.2, 0.25) is 15.9 Å². The van der Waals surface area contributed by atoms with E-state index < -0.39 is 10.0 Å². The Morgan fingerprint density at radius 3 is 2.32 bits per heavy atom. The number of rotatable bonds is 8. The molecule has 2 aromatic rings. The first kappa shape index (κ1) is 20.6. The molecule has 1 saturated carbocycles. The lowest BCUT2D eigenvalue weighted by atomic mass is 9.87. The number of nitrogens with one attached hydrogen (secondary N) is 2. The van der Waals surface area contributed by atoms with Crippen LogP contribution >= 0.6 is 0 Å². The van der Waals surface area contributed by atoms with Crippen molar-refractivity contribution in [2.75, 3.05) is 13.1 Å². The largest absolute Gasteiger partial charge is 0.355 e. The predicted molar refractivity (Wildman–Crippen MR) is 111 cm³/mol. The zero-order chi connectivity index (χ0) is 19.8. The highest BCUT2D eigenvalue weighted by atomic mass is 32.2. The van der Waals surface area contributed by atoms with Gasteiger partial charge in [-0.1, -0.05) is 67.8 Å². The van der Waals surface area contributed by atoms with Crippen LogP contribution in [0.2, 0.25) is 0 Å². The van der Waals surface area contributed by atoms with Crippen LogP contribution in [0.3, 0.4) is 0 Å². The third kappa shape index (κ3) is 5.66. The van der Waals surface area contributed by atoms with Gasteiger partial charge in [0, 0.05) is 25.1 Å². The second-order valence-electron chi connectivity index (χ2n) is 7.32. The fraction of sp³-hybridized carbons (Fsp3) is 0.409. The first-order valence-electron chi connectivity index (χ1n) is 9.97. The van der Waals surface area contributed by atoms with Gasteiger partial charge in [0.25, 0.3) is 0 Å². The molecule has 0 unspecified atom stereocenters. The van der Waals surface area contributed by atoms with Crippen molar-refractivity contribution >= 4 is 15.9 Å². The highest BCUT2D eigenvalue weighted by molar-refractivity contribution is 7.89. The summed E-state index contributed by atoms with van der Waals surface area (Å²) in [6.45, 7) is 0.458. The quantitative estimate of drug-likeness (QED) is 0.663. The first-order valence-corrected chi connectivity index (χ1v) is 11.5. The van der Waals surface area contributed by atoms with Crippen LogP contribution in [0.1, 0.15) is 38.5 Å². The zero-order valence-corrected chi connectivity index (χ0v) is 16.9. The van der Waals surface area contributed by atoms with Crippen LogP contribution in [0.25, 0.3) is 11.1 Å². The van der Waals surface area contributed by atoms with Gasteiger partial charge in [-0.15, -0.1) is 0 Å². The Morgan fingerprint density at radius 2 is 1.57 bits per heavy atom. The highest BCUT2D eigenvalue weighted by Crippen LogP contribution is 2.27. The van der Waals surface area contributed by atoms with Crippen molar-refractivity contribution in [1.82, 2.24) is 10.0 Å². The molecule has 0 spiro atoms. The van der Waals surface area contributed by atoms with Crippen LogP contribution in [0.4, 0.5) is 0 Å². The van der Waals surface area contributed by atoms with Crippen molar-refractivity contribution in [3.05, 3.63) is 54.6 Å². The number of benzene rings is 2. The number of sulfonamides is 1. The summed E-state index contributed by atoms with van der Waals surface area (Å²) in [5.41, 5.74) is 1.51. The molecule has 1 fully saturated rings. The molecule has 6 heteroatoms. The van der Waals surface area contributed by atoms with Crippen LogP contribution in [0, 0.1) is 5.92 Å². The number of hydrogen-bond acceptors (Lipinski definition) is 3. The summed E-state index contributed by atoms with van der Waals surface area (Å²) in [6.07, 6.45) is 6.47. The SMILES string of the molecule is O=C(CC1CCCCC1)NCCNS(=O)(=O)c1ccccc1-c1ccccc1. The Bertz CT molecular complexity index is 876. The second-order valence-corrected chi connectivity index (χ2v) is 9.05. The molecule has 28 heavy (non-hydrogen) atoms. The van der Waals surface area contributed by atoms with Crippen molar-refractivity contribution in [2.45, 2.75) is 43.4 Å². The van der Waals surface area contributed by atoms with Gasteiger partial charge in [0.05, 0.1) is 4.90 Å². The Morgan fingerprint density at radius 1 is 0.893 bits per heavy atom. The van der Waals surface area contributed by atoms with Crippen molar-refractivity contribution in [1.29, 1.82) is 0 Å². The van der Waals surface area contributed by atoms with Crippen LogP contribution in [0.15, 0.2) is 59.5 Å². The Kier molecular flexibility index (Phi) is 7.23. The minimum Gasteiger partial charge on any atom is -0.355 e.